The largest absolute Gasteiger partial charge is 0.508 e. The van der Waals surface area contributed by atoms with Crippen molar-refractivity contribution in [3.8, 4) is 57.1 Å². The fourth-order valence-electron chi connectivity index (χ4n) is 12.3. The molecule has 0 saturated carbocycles. The van der Waals surface area contributed by atoms with Gasteiger partial charge < -0.3 is 128 Å². The maximum Gasteiger partial charge on any atom is 0.330 e. The van der Waals surface area contributed by atoms with Crippen LogP contribution in [0, 0.1) is 5.92 Å². The Morgan fingerprint density at radius 3 is 1.87 bits per heavy atom. The van der Waals surface area contributed by atoms with Gasteiger partial charge in [-0.25, -0.2) is 4.79 Å². The first kappa shape index (κ1) is 73.5. The first-order chi connectivity index (χ1) is 47.2. The number of primary amides is 1. The highest BCUT2D eigenvalue weighted by Gasteiger charge is 2.52. The number of phenolic OH excluding ortho intramolecular Hbond substituents is 3. The van der Waals surface area contributed by atoms with Crippen LogP contribution in [0.15, 0.2) is 78.9 Å². The molecule has 5 aromatic rings. The SMILES string of the molecule is CN[C@H](CC(C)C)C(=O)NC1C(=O)NC(C(N)=O)C(=O)N[C@H]2C(=O)N[C@H]3C(=O)N[C@H](C(=O)N[C@H](C(=O)O)c4cc(O)cc(O)c4-c4cc3ccc4O)[C@H](O)c3ccc(c(Cl)c3)Oc3cc2cc(c3O[C@@H]2O[C@H](CO)[C@@H](O)[C@H](O)[C@H]2O[C@H]2C[C@](C)(N)[C@H](O)[C@H](C)O2)Oc2ccc(cc2Cl)[C@H]1O. The summed E-state index contributed by atoms with van der Waals surface area (Å²) in [5.41, 5.74) is 8.02. The van der Waals surface area contributed by atoms with Crippen molar-refractivity contribution in [1.29, 1.82) is 0 Å². The molecule has 7 aliphatic heterocycles. The average molecular weight is 1440 g/mol. The Kier molecular flexibility index (Phi) is 21.7. The molecule has 33 nitrogen and oxygen atoms in total. The number of aromatic hydroxyl groups is 3. The summed E-state index contributed by atoms with van der Waals surface area (Å²) in [5.74, 6) is -16.9. The second-order valence-corrected chi connectivity index (χ2v) is 26.1. The molecule has 536 valence electrons. The summed E-state index contributed by atoms with van der Waals surface area (Å²) < 4.78 is 38.2. The monoisotopic (exact) mass is 1430 g/mol. The summed E-state index contributed by atoms with van der Waals surface area (Å²) >= 11 is 14.1. The van der Waals surface area contributed by atoms with Crippen LogP contribution in [0.4, 0.5) is 0 Å². The fraction of sp³-hybridized carbons (Fsp3) is 0.415. The minimum absolute atomic E-state index is 0.107. The van der Waals surface area contributed by atoms with E-state index in [1.807, 2.05) is 0 Å². The van der Waals surface area contributed by atoms with Gasteiger partial charge in [-0.15, -0.1) is 0 Å². The Morgan fingerprint density at radius 1 is 0.700 bits per heavy atom. The van der Waals surface area contributed by atoms with Gasteiger partial charge in [0.1, 0.15) is 83.4 Å². The van der Waals surface area contributed by atoms with Crippen LogP contribution in [0.2, 0.25) is 10.0 Å². The van der Waals surface area contributed by atoms with Crippen molar-refractivity contribution in [2.45, 2.75) is 150 Å². The molecule has 7 amide bonds. The first-order valence-corrected chi connectivity index (χ1v) is 31.9. The first-order valence-electron chi connectivity index (χ1n) is 31.1. The molecular weight excluding hydrogens is 1360 g/mol. The van der Waals surface area contributed by atoms with E-state index in [-0.39, 0.29) is 46.2 Å². The summed E-state index contributed by atoms with van der Waals surface area (Å²) in [4.78, 5) is 117. The number of nitrogens with one attached hydrogen (secondary N) is 7. The number of carbonyl (C=O) groups excluding carboxylic acids is 7. The molecule has 5 aromatic carbocycles. The van der Waals surface area contributed by atoms with E-state index in [2.05, 4.69) is 37.2 Å². The van der Waals surface area contributed by atoms with E-state index in [0.29, 0.717) is 0 Å². The molecule has 2 unspecified atom stereocenters. The number of aliphatic hydroxyl groups excluding tert-OH is 6. The van der Waals surface area contributed by atoms with Crippen LogP contribution in [-0.2, 0) is 52.6 Å². The second kappa shape index (κ2) is 29.6. The van der Waals surface area contributed by atoms with Crippen LogP contribution < -0.4 is 62.9 Å². The molecule has 100 heavy (non-hydrogen) atoms. The third-order valence-electron chi connectivity index (χ3n) is 17.6. The molecule has 0 aromatic heterocycles. The van der Waals surface area contributed by atoms with Crippen molar-refractivity contribution in [3.63, 3.8) is 0 Å². The van der Waals surface area contributed by atoms with Crippen molar-refractivity contribution in [2.24, 2.45) is 17.4 Å². The van der Waals surface area contributed by atoms with Crippen LogP contribution in [0.25, 0.3) is 11.1 Å². The highest BCUT2D eigenvalue weighted by atomic mass is 35.5. The van der Waals surface area contributed by atoms with Gasteiger partial charge in [-0.3, -0.25) is 33.6 Å². The number of phenols is 3. The van der Waals surface area contributed by atoms with Gasteiger partial charge in [0.2, 0.25) is 47.5 Å². The molecular formula is C65H73Cl2N9O24. The van der Waals surface area contributed by atoms with E-state index < -0.39 is 231 Å². The molecule has 2 saturated heterocycles. The van der Waals surface area contributed by atoms with Crippen LogP contribution in [0.5, 0.6) is 46.0 Å². The molecule has 35 heteroatoms. The zero-order valence-electron chi connectivity index (χ0n) is 53.6. The van der Waals surface area contributed by atoms with Gasteiger partial charge in [0.05, 0.1) is 34.9 Å². The number of nitrogens with two attached hydrogens (primary N) is 2. The summed E-state index contributed by atoms with van der Waals surface area (Å²) in [6, 6.07) is -1.46. The van der Waals surface area contributed by atoms with Crippen LogP contribution in [0.3, 0.4) is 0 Å². The molecule has 0 aliphatic carbocycles. The quantitative estimate of drug-likeness (QED) is 0.0714. The van der Waals surface area contributed by atoms with Gasteiger partial charge >= 0.3 is 5.97 Å². The molecule has 7 heterocycles. The lowest BCUT2D eigenvalue weighted by atomic mass is 9.86. The molecule has 0 spiro atoms. The van der Waals surface area contributed by atoms with E-state index in [1.165, 1.54) is 33.0 Å². The van der Waals surface area contributed by atoms with Gasteiger partial charge in [-0.1, -0.05) is 55.2 Å². The van der Waals surface area contributed by atoms with E-state index in [4.69, 9.17) is 63.1 Å². The molecule has 2 fully saturated rings. The topological polar surface area (TPSA) is 530 Å². The Bertz CT molecular complexity index is 4060. The summed E-state index contributed by atoms with van der Waals surface area (Å²) in [6.07, 6.45) is -17.6. The number of ether oxygens (including phenoxy) is 6. The lowest BCUT2D eigenvalue weighted by molar-refractivity contribution is -0.333. The number of likely N-dealkylation sites (N-methyl/N-ethyl adjacent to an activating group) is 1. The number of rotatable bonds is 12. The fourth-order valence-corrected chi connectivity index (χ4v) is 12.8. The predicted octanol–water partition coefficient (Wildman–Crippen LogP) is -0.284. The van der Waals surface area contributed by atoms with Crippen molar-refractivity contribution in [2.75, 3.05) is 13.7 Å². The molecule has 18 atom stereocenters. The van der Waals surface area contributed by atoms with Crippen molar-refractivity contribution in [1.82, 2.24) is 37.2 Å². The smallest absolute Gasteiger partial charge is 0.330 e. The van der Waals surface area contributed by atoms with E-state index in [1.54, 1.807) is 13.8 Å². The van der Waals surface area contributed by atoms with E-state index in [9.17, 15) is 75.0 Å². The minimum Gasteiger partial charge on any atom is -0.508 e. The number of carboxylic acid groups (broad SMARTS) is 1. The number of hydrogen-bond donors (Lipinski definition) is 19. The lowest BCUT2D eigenvalue weighted by Crippen LogP contribution is -2.64. The van der Waals surface area contributed by atoms with Gasteiger partial charge in [-0.05, 0) is 110 Å². The van der Waals surface area contributed by atoms with Gasteiger partial charge in [-0.2, -0.15) is 0 Å². The molecule has 0 radical (unpaired) electrons. The number of fused-ring (bicyclic) bond motifs is 15. The Labute approximate surface area is 577 Å². The number of hydrogen-bond acceptors (Lipinski definition) is 25. The summed E-state index contributed by atoms with van der Waals surface area (Å²) in [6.45, 7) is 5.63. The zero-order valence-corrected chi connectivity index (χ0v) is 55.1. The number of amides is 7. The predicted molar refractivity (Wildman–Crippen MR) is 345 cm³/mol. The van der Waals surface area contributed by atoms with Crippen LogP contribution >= 0.6 is 23.2 Å². The maximum atomic E-state index is 15.9. The van der Waals surface area contributed by atoms with Crippen molar-refractivity contribution in [3.05, 3.63) is 117 Å². The second-order valence-electron chi connectivity index (χ2n) is 25.3. The van der Waals surface area contributed by atoms with Gasteiger partial charge in [0, 0.05) is 34.7 Å². The number of carbonyl (C=O) groups is 8. The molecule has 11 bridgehead atoms. The highest BCUT2D eigenvalue weighted by Crippen LogP contribution is 2.50. The summed E-state index contributed by atoms with van der Waals surface area (Å²) in [5, 5.41) is 130. The van der Waals surface area contributed by atoms with Gasteiger partial charge in [0.25, 0.3) is 5.91 Å². The minimum atomic E-state index is -2.56. The average Bonchev–Trinajstić information content (AvgIpc) is 0.769. The van der Waals surface area contributed by atoms with Crippen LogP contribution in [0.1, 0.15) is 98.7 Å². The number of carboxylic acids is 1. The van der Waals surface area contributed by atoms with Crippen LogP contribution in [-0.4, -0.2) is 191 Å². The van der Waals surface area contributed by atoms with E-state index >= 15 is 14.4 Å². The standard InChI is InChI=1S/C65H73Cl2N9O24/c1-22(2)12-33(70-5)57(87)74-46-49(81)25-7-10-36(31(66)14-25)96-38-16-27-17-39(53(38)100-64-54(52(84)51(83)40(21-77)98-64)99-41-20-65(4,69)55(85)23(3)95-41)97-37-11-8-26(15-32(37)67)50(82)47-60(90)73-45(63(93)94)30-18-28(78)19-35(80)42(30)29-13-24(6-9-34(29)79)43(58(88)75-47)71-59(89)44(27)72-62(92)48(56(68)86)76-61(46)91/h6-11,13-19,22-23,33,40-41,43-52,54-55,64,70,77-85H,12,20-21,69H2,1-5H3,(H2,68,86)(H,71,89)(H,72,92)(H,73,90)(H,74,87)(H,75,88)(H,76,91)(H,93,94)/t23-,33+,40+,41-,43+,44+,45-,46?,47-,48?,49+,50+,51+,52-,54+,55+,64-,65-/m0/s1. The number of benzene rings is 5. The van der Waals surface area contributed by atoms with Crippen molar-refractivity contribution < 1.29 is 118 Å². The third-order valence-corrected chi connectivity index (χ3v) is 18.2. The Morgan fingerprint density at radius 2 is 1.29 bits per heavy atom. The molecule has 21 N–H and O–H groups in total. The Balaban J connectivity index is 1.24. The Hall–Kier alpha value is -9.20. The normalized spacial score (nSPS) is 29.6. The third kappa shape index (κ3) is 15.1. The number of halogens is 2. The highest BCUT2D eigenvalue weighted by molar-refractivity contribution is 6.32. The zero-order chi connectivity index (χ0) is 72.8. The lowest BCUT2D eigenvalue weighted by Gasteiger charge is -2.47. The van der Waals surface area contributed by atoms with Crippen molar-refractivity contribution >= 4 is 70.5 Å². The maximum absolute atomic E-state index is 15.9. The summed E-state index contributed by atoms with van der Waals surface area (Å²) in [7, 11) is 1.46. The van der Waals surface area contributed by atoms with E-state index in [0.717, 1.165) is 66.7 Å². The molecule has 7 aliphatic rings. The number of aliphatic carboxylic acids is 1. The molecule has 12 rings (SSSR count). The van der Waals surface area contributed by atoms with Gasteiger partial charge in [0.15, 0.2) is 36.0 Å². The number of aliphatic hydroxyl groups is 6.